The zero-order valence-electron chi connectivity index (χ0n) is 11.7. The lowest BCUT2D eigenvalue weighted by atomic mass is 10.2. The average Bonchev–Trinajstić information content (AvgIpc) is 2.46. The second-order valence-electron chi connectivity index (χ2n) is 4.57. The van der Waals surface area contributed by atoms with E-state index in [4.69, 9.17) is 4.74 Å². The molecule has 0 aliphatic heterocycles. The van der Waals surface area contributed by atoms with Crippen molar-refractivity contribution in [3.8, 4) is 5.75 Å². The highest BCUT2D eigenvalue weighted by molar-refractivity contribution is 9.10. The first-order valence-electron chi connectivity index (χ1n) is 6.51. The van der Waals surface area contributed by atoms with Crippen molar-refractivity contribution in [2.45, 2.75) is 6.92 Å². The van der Waals surface area contributed by atoms with E-state index in [1.807, 2.05) is 31.2 Å². The largest absolute Gasteiger partial charge is 0.488 e. The topological polar surface area (TPSA) is 38.3 Å². The lowest BCUT2D eigenvalue weighted by Gasteiger charge is -2.09. The number of aryl methyl sites for hydroxylation is 1. The van der Waals surface area contributed by atoms with E-state index in [1.165, 1.54) is 0 Å². The van der Waals surface area contributed by atoms with Gasteiger partial charge in [0.15, 0.2) is 0 Å². The third-order valence-corrected chi connectivity index (χ3v) is 3.45. The maximum absolute atomic E-state index is 12.2. The monoisotopic (exact) mass is 345 g/mol. The highest BCUT2D eigenvalue weighted by Gasteiger charge is 2.09. The smallest absolute Gasteiger partial charge is 0.255 e. The number of halogens is 1. The number of anilines is 1. The summed E-state index contributed by atoms with van der Waals surface area (Å²) in [5, 5.41) is 2.87. The Hall–Kier alpha value is -2.07. The zero-order chi connectivity index (χ0) is 15.2. The van der Waals surface area contributed by atoms with E-state index >= 15 is 0 Å². The van der Waals surface area contributed by atoms with Gasteiger partial charge in [-0.25, -0.2) is 0 Å². The standard InChI is InChI=1S/C17H16BrNO2/c1-3-9-21-16-8-7-13(11-15(16)18)17(20)19-14-6-4-5-12(2)10-14/h3-8,10-11H,1,9H2,2H3,(H,19,20). The summed E-state index contributed by atoms with van der Waals surface area (Å²) in [6.45, 7) is 6.01. The number of hydrogen-bond donors (Lipinski definition) is 1. The Bertz CT molecular complexity index is 668. The van der Waals surface area contributed by atoms with Crippen molar-refractivity contribution < 1.29 is 9.53 Å². The van der Waals surface area contributed by atoms with Crippen molar-refractivity contribution in [3.05, 3.63) is 70.7 Å². The highest BCUT2D eigenvalue weighted by Crippen LogP contribution is 2.26. The number of hydrogen-bond acceptors (Lipinski definition) is 2. The first-order valence-corrected chi connectivity index (χ1v) is 7.30. The van der Waals surface area contributed by atoms with E-state index in [0.29, 0.717) is 17.9 Å². The molecule has 2 aromatic carbocycles. The normalized spacial score (nSPS) is 10.0. The summed E-state index contributed by atoms with van der Waals surface area (Å²) in [6.07, 6.45) is 1.67. The van der Waals surface area contributed by atoms with Crippen LogP contribution in [0.5, 0.6) is 5.75 Å². The number of carbonyl (C=O) groups is 1. The maximum atomic E-state index is 12.2. The maximum Gasteiger partial charge on any atom is 0.255 e. The van der Waals surface area contributed by atoms with Gasteiger partial charge in [0.2, 0.25) is 0 Å². The minimum atomic E-state index is -0.156. The van der Waals surface area contributed by atoms with Gasteiger partial charge in [-0.05, 0) is 58.7 Å². The van der Waals surface area contributed by atoms with Crippen LogP contribution in [0, 0.1) is 6.92 Å². The molecule has 0 atom stereocenters. The molecule has 1 amide bonds. The third kappa shape index (κ3) is 4.20. The number of amides is 1. The molecule has 0 unspecified atom stereocenters. The summed E-state index contributed by atoms with van der Waals surface area (Å²) in [6, 6.07) is 12.9. The minimum Gasteiger partial charge on any atom is -0.488 e. The molecule has 0 saturated carbocycles. The van der Waals surface area contributed by atoms with E-state index in [9.17, 15) is 4.79 Å². The van der Waals surface area contributed by atoms with Crippen LogP contribution >= 0.6 is 15.9 Å². The van der Waals surface area contributed by atoms with Crippen LogP contribution in [0.4, 0.5) is 5.69 Å². The first-order chi connectivity index (χ1) is 10.1. The molecular weight excluding hydrogens is 330 g/mol. The minimum absolute atomic E-state index is 0.156. The Kier molecular flexibility index (Phi) is 5.17. The SMILES string of the molecule is C=CCOc1ccc(C(=O)Nc2cccc(C)c2)cc1Br. The first kappa shape index (κ1) is 15.3. The second kappa shape index (κ2) is 7.09. The molecule has 0 aliphatic carbocycles. The van der Waals surface area contributed by atoms with Crippen LogP contribution in [0.25, 0.3) is 0 Å². The van der Waals surface area contributed by atoms with Crippen LogP contribution in [-0.2, 0) is 0 Å². The van der Waals surface area contributed by atoms with Crippen molar-refractivity contribution in [2.24, 2.45) is 0 Å². The molecule has 0 spiro atoms. The van der Waals surface area contributed by atoms with Gasteiger partial charge in [0.25, 0.3) is 5.91 Å². The number of carbonyl (C=O) groups excluding carboxylic acids is 1. The number of rotatable bonds is 5. The average molecular weight is 346 g/mol. The summed E-state index contributed by atoms with van der Waals surface area (Å²) in [7, 11) is 0. The Labute approximate surface area is 132 Å². The van der Waals surface area contributed by atoms with Gasteiger partial charge in [0.05, 0.1) is 4.47 Å². The molecule has 3 nitrogen and oxygen atoms in total. The van der Waals surface area contributed by atoms with E-state index in [1.54, 1.807) is 24.3 Å². The van der Waals surface area contributed by atoms with E-state index in [0.717, 1.165) is 15.7 Å². The summed E-state index contributed by atoms with van der Waals surface area (Å²) < 4.78 is 6.20. The van der Waals surface area contributed by atoms with Crippen molar-refractivity contribution >= 4 is 27.5 Å². The molecule has 4 heteroatoms. The number of benzene rings is 2. The lowest BCUT2D eigenvalue weighted by molar-refractivity contribution is 0.102. The number of nitrogens with one attached hydrogen (secondary N) is 1. The van der Waals surface area contributed by atoms with Crippen molar-refractivity contribution in [1.29, 1.82) is 0 Å². The number of ether oxygens (including phenoxy) is 1. The molecule has 0 aromatic heterocycles. The molecule has 0 saturated heterocycles. The van der Waals surface area contributed by atoms with Crippen LogP contribution in [-0.4, -0.2) is 12.5 Å². The Morgan fingerprint density at radius 1 is 1.33 bits per heavy atom. The van der Waals surface area contributed by atoms with Crippen LogP contribution in [0.1, 0.15) is 15.9 Å². The Balaban J connectivity index is 2.12. The fourth-order valence-electron chi connectivity index (χ4n) is 1.83. The molecule has 0 heterocycles. The fourth-order valence-corrected chi connectivity index (χ4v) is 2.33. The van der Waals surface area contributed by atoms with E-state index < -0.39 is 0 Å². The van der Waals surface area contributed by atoms with E-state index in [-0.39, 0.29) is 5.91 Å². The Morgan fingerprint density at radius 2 is 2.14 bits per heavy atom. The summed E-state index contributed by atoms with van der Waals surface area (Å²) >= 11 is 3.40. The lowest BCUT2D eigenvalue weighted by Crippen LogP contribution is -2.12. The molecule has 21 heavy (non-hydrogen) atoms. The molecule has 0 aliphatic rings. The van der Waals surface area contributed by atoms with Gasteiger partial charge < -0.3 is 10.1 Å². The van der Waals surface area contributed by atoms with Gasteiger partial charge in [-0.1, -0.05) is 24.8 Å². The predicted octanol–water partition coefficient (Wildman–Crippen LogP) is 4.57. The van der Waals surface area contributed by atoms with E-state index in [2.05, 4.69) is 27.8 Å². The molecule has 1 N–H and O–H groups in total. The van der Waals surface area contributed by atoms with Crippen LogP contribution in [0.15, 0.2) is 59.6 Å². The molecule has 0 radical (unpaired) electrons. The Morgan fingerprint density at radius 3 is 2.81 bits per heavy atom. The highest BCUT2D eigenvalue weighted by atomic mass is 79.9. The quantitative estimate of drug-likeness (QED) is 0.805. The van der Waals surface area contributed by atoms with Gasteiger partial charge >= 0.3 is 0 Å². The summed E-state index contributed by atoms with van der Waals surface area (Å²) in [5.74, 6) is 0.526. The molecule has 2 aromatic rings. The van der Waals surface area contributed by atoms with Crippen molar-refractivity contribution in [3.63, 3.8) is 0 Å². The third-order valence-electron chi connectivity index (χ3n) is 2.83. The van der Waals surface area contributed by atoms with Crippen LogP contribution in [0.2, 0.25) is 0 Å². The second-order valence-corrected chi connectivity index (χ2v) is 5.42. The predicted molar refractivity (Wildman–Crippen MR) is 89.0 cm³/mol. The van der Waals surface area contributed by atoms with Gasteiger partial charge in [-0.15, -0.1) is 0 Å². The molecule has 0 bridgehead atoms. The van der Waals surface area contributed by atoms with Crippen molar-refractivity contribution in [1.82, 2.24) is 0 Å². The van der Waals surface area contributed by atoms with Crippen LogP contribution in [0.3, 0.4) is 0 Å². The molecule has 0 fully saturated rings. The van der Waals surface area contributed by atoms with Gasteiger partial charge in [0.1, 0.15) is 12.4 Å². The summed E-state index contributed by atoms with van der Waals surface area (Å²) in [4.78, 5) is 12.2. The van der Waals surface area contributed by atoms with Crippen LogP contribution < -0.4 is 10.1 Å². The van der Waals surface area contributed by atoms with Crippen molar-refractivity contribution in [2.75, 3.05) is 11.9 Å². The fraction of sp³-hybridized carbons (Fsp3) is 0.118. The van der Waals surface area contributed by atoms with Gasteiger partial charge in [-0.3, -0.25) is 4.79 Å². The molecule has 2 rings (SSSR count). The summed E-state index contributed by atoms with van der Waals surface area (Å²) in [5.41, 5.74) is 2.44. The molecule has 108 valence electrons. The van der Waals surface area contributed by atoms with Gasteiger partial charge in [-0.2, -0.15) is 0 Å². The molecular formula is C17H16BrNO2. The zero-order valence-corrected chi connectivity index (χ0v) is 13.3. The van der Waals surface area contributed by atoms with Gasteiger partial charge in [0, 0.05) is 11.3 Å².